The molecule has 2 fully saturated rings. The number of esters is 1. The zero-order valence-corrected chi connectivity index (χ0v) is 18.2. The minimum Gasteiger partial charge on any atom is -0.463 e. The van der Waals surface area contributed by atoms with E-state index in [1.54, 1.807) is 17.6 Å². The van der Waals surface area contributed by atoms with Gasteiger partial charge in [0, 0.05) is 18.7 Å². The van der Waals surface area contributed by atoms with Gasteiger partial charge < -0.3 is 15.5 Å². The van der Waals surface area contributed by atoms with Crippen LogP contribution in [0.3, 0.4) is 0 Å². The van der Waals surface area contributed by atoms with Gasteiger partial charge in [-0.3, -0.25) is 9.36 Å². The Hall–Kier alpha value is -3.10. The molecule has 2 aliphatic rings. The van der Waals surface area contributed by atoms with E-state index in [0.29, 0.717) is 23.7 Å². The van der Waals surface area contributed by atoms with Gasteiger partial charge in [-0.25, -0.2) is 14.0 Å². The molecule has 2 aromatic rings. The highest BCUT2D eigenvalue weighted by Crippen LogP contribution is 2.32. The van der Waals surface area contributed by atoms with Crippen molar-refractivity contribution < 1.29 is 13.9 Å². The van der Waals surface area contributed by atoms with Crippen molar-refractivity contribution in [3.8, 4) is 0 Å². The number of nitrogens with zero attached hydrogens (tertiary/aromatic N) is 2. The molecule has 8 nitrogen and oxygen atoms in total. The Balaban J connectivity index is 1.72. The largest absolute Gasteiger partial charge is 0.463 e. The molecule has 32 heavy (non-hydrogen) atoms. The first-order valence-electron chi connectivity index (χ1n) is 11.3. The number of hydrogen-bond donors (Lipinski definition) is 2. The molecule has 0 amide bonds. The number of aromatic nitrogens is 2. The summed E-state index contributed by atoms with van der Waals surface area (Å²) in [7, 11) is 0. The van der Waals surface area contributed by atoms with E-state index in [1.807, 2.05) is 0 Å². The SMILES string of the molecule is CCOC(=O)/C=C/CNn1c(=O)c2cc(F)c(NCC3CC3)cc2n(C2CCCC2)c1=O. The molecule has 0 radical (unpaired) electrons. The predicted molar refractivity (Wildman–Crippen MR) is 121 cm³/mol. The van der Waals surface area contributed by atoms with Crippen molar-refractivity contribution in [3.63, 3.8) is 0 Å². The maximum atomic E-state index is 14.8. The van der Waals surface area contributed by atoms with E-state index in [2.05, 4.69) is 10.7 Å². The number of nitrogens with one attached hydrogen (secondary N) is 2. The Bertz CT molecular complexity index is 1140. The number of benzene rings is 1. The monoisotopic (exact) mass is 444 g/mol. The van der Waals surface area contributed by atoms with Gasteiger partial charge >= 0.3 is 11.7 Å². The molecule has 1 aromatic carbocycles. The quantitative estimate of drug-likeness (QED) is 0.456. The molecule has 1 aromatic heterocycles. The fourth-order valence-electron chi connectivity index (χ4n) is 4.21. The molecule has 0 aliphatic heterocycles. The van der Waals surface area contributed by atoms with E-state index >= 15 is 0 Å². The lowest BCUT2D eigenvalue weighted by atomic mass is 10.1. The lowest BCUT2D eigenvalue weighted by Gasteiger charge is -2.20. The summed E-state index contributed by atoms with van der Waals surface area (Å²) in [6.45, 7) is 2.71. The van der Waals surface area contributed by atoms with Crippen LogP contribution in [0.5, 0.6) is 0 Å². The van der Waals surface area contributed by atoms with Crippen LogP contribution in [0.15, 0.2) is 33.9 Å². The molecule has 9 heteroatoms. The number of halogens is 1. The summed E-state index contributed by atoms with van der Waals surface area (Å²) in [6, 6.07) is 2.76. The molecule has 0 bridgehead atoms. The Morgan fingerprint density at radius 3 is 2.66 bits per heavy atom. The van der Waals surface area contributed by atoms with E-state index in [9.17, 15) is 18.8 Å². The van der Waals surface area contributed by atoms with Gasteiger partial charge in [0.15, 0.2) is 0 Å². The van der Waals surface area contributed by atoms with Gasteiger partial charge in [-0.1, -0.05) is 18.9 Å². The summed E-state index contributed by atoms with van der Waals surface area (Å²) in [4.78, 5) is 37.8. The van der Waals surface area contributed by atoms with E-state index in [4.69, 9.17) is 4.74 Å². The van der Waals surface area contributed by atoms with Crippen molar-refractivity contribution >= 4 is 22.6 Å². The van der Waals surface area contributed by atoms with Crippen LogP contribution in [0.2, 0.25) is 0 Å². The fourth-order valence-corrected chi connectivity index (χ4v) is 4.21. The van der Waals surface area contributed by atoms with Crippen LogP contribution < -0.4 is 22.0 Å². The highest BCUT2D eigenvalue weighted by molar-refractivity contribution is 5.83. The fraction of sp³-hybridized carbons (Fsp3) is 0.522. The minimum absolute atomic E-state index is 0.0459. The topological polar surface area (TPSA) is 94.4 Å². The molecular formula is C23H29FN4O4. The molecule has 0 saturated heterocycles. The summed E-state index contributed by atoms with van der Waals surface area (Å²) in [6.07, 6.45) is 8.64. The first-order chi connectivity index (χ1) is 15.5. The van der Waals surface area contributed by atoms with Crippen molar-refractivity contribution in [1.82, 2.24) is 9.24 Å². The third-order valence-corrected chi connectivity index (χ3v) is 6.05. The molecule has 172 valence electrons. The molecule has 2 saturated carbocycles. The van der Waals surface area contributed by atoms with Gasteiger partial charge in [-0.15, -0.1) is 0 Å². The van der Waals surface area contributed by atoms with Crippen molar-refractivity contribution in [3.05, 3.63) is 50.9 Å². The second-order valence-electron chi connectivity index (χ2n) is 8.42. The third kappa shape index (κ3) is 4.71. The Kier molecular flexibility index (Phi) is 6.62. The number of rotatable bonds is 9. The number of carbonyl (C=O) groups is 1. The highest BCUT2D eigenvalue weighted by Gasteiger charge is 2.25. The number of carbonyl (C=O) groups excluding carboxylic acids is 1. The van der Waals surface area contributed by atoms with Crippen molar-refractivity contribution in [2.24, 2.45) is 5.92 Å². The van der Waals surface area contributed by atoms with E-state index in [1.165, 1.54) is 18.2 Å². The van der Waals surface area contributed by atoms with Crippen LogP contribution in [0, 0.1) is 11.7 Å². The van der Waals surface area contributed by atoms with Gasteiger partial charge in [-0.2, -0.15) is 4.68 Å². The zero-order chi connectivity index (χ0) is 22.7. The smallest absolute Gasteiger partial charge is 0.350 e. The minimum atomic E-state index is -0.614. The second kappa shape index (κ2) is 9.58. The lowest BCUT2D eigenvalue weighted by Crippen LogP contribution is -2.46. The molecule has 4 rings (SSSR count). The van der Waals surface area contributed by atoms with Crippen molar-refractivity contribution in [2.75, 3.05) is 30.4 Å². The normalized spacial score (nSPS) is 16.7. The van der Waals surface area contributed by atoms with E-state index in [0.717, 1.165) is 43.2 Å². The maximum absolute atomic E-state index is 14.8. The average molecular weight is 445 g/mol. The molecular weight excluding hydrogens is 415 g/mol. The van der Waals surface area contributed by atoms with Crippen LogP contribution in [0.4, 0.5) is 10.1 Å². The summed E-state index contributed by atoms with van der Waals surface area (Å²) >= 11 is 0. The molecule has 0 spiro atoms. The van der Waals surface area contributed by atoms with Gasteiger partial charge in [0.2, 0.25) is 0 Å². The first kappa shape index (κ1) is 22.1. The summed E-state index contributed by atoms with van der Waals surface area (Å²) in [5.41, 5.74) is 2.42. The van der Waals surface area contributed by atoms with Gasteiger partial charge in [-0.05, 0) is 50.7 Å². The molecule has 0 atom stereocenters. The first-order valence-corrected chi connectivity index (χ1v) is 11.3. The Morgan fingerprint density at radius 2 is 1.97 bits per heavy atom. The summed E-state index contributed by atoms with van der Waals surface area (Å²) < 4.78 is 22.1. The Morgan fingerprint density at radius 1 is 1.22 bits per heavy atom. The molecule has 2 N–H and O–H groups in total. The second-order valence-corrected chi connectivity index (χ2v) is 8.42. The van der Waals surface area contributed by atoms with Gasteiger partial charge in [0.1, 0.15) is 5.82 Å². The average Bonchev–Trinajstić information content (AvgIpc) is 3.45. The third-order valence-electron chi connectivity index (χ3n) is 6.05. The highest BCUT2D eigenvalue weighted by atomic mass is 19.1. The van der Waals surface area contributed by atoms with Crippen LogP contribution in [-0.2, 0) is 9.53 Å². The zero-order valence-electron chi connectivity index (χ0n) is 18.2. The Labute approximate surface area is 185 Å². The predicted octanol–water partition coefficient (Wildman–Crippen LogP) is 2.90. The van der Waals surface area contributed by atoms with E-state index in [-0.39, 0.29) is 24.6 Å². The number of hydrogen-bond acceptors (Lipinski definition) is 6. The molecule has 2 aliphatic carbocycles. The molecule has 1 heterocycles. The lowest BCUT2D eigenvalue weighted by molar-refractivity contribution is -0.137. The molecule has 0 unspecified atom stereocenters. The standard InChI is InChI=1S/C23H29FN4O4/c1-2-32-21(29)8-5-11-26-28-22(30)17-12-18(24)19(25-14-15-9-10-15)13-20(17)27(23(28)31)16-6-3-4-7-16/h5,8,12-13,15-16,25-26H,2-4,6-7,9-11,14H2,1H3/b8-5+. The number of fused-ring (bicyclic) bond motifs is 1. The van der Waals surface area contributed by atoms with Crippen molar-refractivity contribution in [2.45, 2.75) is 51.5 Å². The van der Waals surface area contributed by atoms with Crippen LogP contribution in [0.1, 0.15) is 51.5 Å². The maximum Gasteiger partial charge on any atom is 0.350 e. The number of anilines is 1. The van der Waals surface area contributed by atoms with Crippen LogP contribution in [0.25, 0.3) is 10.9 Å². The number of ether oxygens (including phenoxy) is 1. The van der Waals surface area contributed by atoms with Crippen LogP contribution in [-0.4, -0.2) is 34.9 Å². The summed E-state index contributed by atoms with van der Waals surface area (Å²) in [5, 5.41) is 3.28. The van der Waals surface area contributed by atoms with Gasteiger partial charge in [0.25, 0.3) is 5.56 Å². The van der Waals surface area contributed by atoms with E-state index < -0.39 is 23.0 Å². The van der Waals surface area contributed by atoms with Crippen molar-refractivity contribution in [1.29, 1.82) is 0 Å². The van der Waals surface area contributed by atoms with Crippen LogP contribution >= 0.6 is 0 Å². The summed E-state index contributed by atoms with van der Waals surface area (Å²) in [5.74, 6) is -0.459. The van der Waals surface area contributed by atoms with Gasteiger partial charge in [0.05, 0.1) is 29.7 Å².